The Bertz CT molecular complexity index is 456. The van der Waals surface area contributed by atoms with E-state index in [9.17, 15) is 0 Å². The van der Waals surface area contributed by atoms with Gasteiger partial charge in [-0.05, 0) is 37.0 Å². The average Bonchev–Trinajstić information content (AvgIpc) is 3.11. The van der Waals surface area contributed by atoms with E-state index in [0.29, 0.717) is 12.1 Å². The summed E-state index contributed by atoms with van der Waals surface area (Å²) in [5.74, 6) is 0. The van der Waals surface area contributed by atoms with E-state index in [-0.39, 0.29) is 0 Å². The maximum absolute atomic E-state index is 5.69. The molecule has 1 fully saturated rings. The quantitative estimate of drug-likeness (QED) is 0.615. The number of nitrogen functional groups attached to an aromatic ring is 1. The van der Waals surface area contributed by atoms with Crippen LogP contribution in [0.25, 0.3) is 0 Å². The lowest BCUT2D eigenvalue weighted by Crippen LogP contribution is -1.95. The van der Waals surface area contributed by atoms with Gasteiger partial charge in [-0.2, -0.15) is 0 Å². The number of rotatable bonds is 3. The molecule has 0 amide bonds. The fraction of sp³-hybridized carbons (Fsp3) is 0.333. The fourth-order valence-electron chi connectivity index (χ4n) is 2.46. The van der Waals surface area contributed by atoms with Crippen molar-refractivity contribution in [3.8, 4) is 0 Å². The van der Waals surface area contributed by atoms with Crippen LogP contribution in [0.3, 0.4) is 0 Å². The predicted octanol–water partition coefficient (Wildman–Crippen LogP) is 2.95. The standard InChI is InChI=1S/C15H18N2/c16-13-8-6-12(7-9-13)15-14(17-15)10-11-4-2-1-3-5-11/h2,4-9,14-15,17H,1,3,10,16H2. The molecule has 1 aromatic rings. The SMILES string of the molecule is Nc1ccc(C2NC2CC2=CCCC=C2)cc1. The van der Waals surface area contributed by atoms with Gasteiger partial charge in [0.25, 0.3) is 0 Å². The highest BCUT2D eigenvalue weighted by Crippen LogP contribution is 2.34. The number of hydrogen-bond acceptors (Lipinski definition) is 2. The van der Waals surface area contributed by atoms with Crippen molar-refractivity contribution in [3.05, 3.63) is 53.6 Å². The minimum Gasteiger partial charge on any atom is -0.399 e. The maximum atomic E-state index is 5.69. The summed E-state index contributed by atoms with van der Waals surface area (Å²) >= 11 is 0. The first-order valence-corrected chi connectivity index (χ1v) is 6.30. The number of nitrogens with two attached hydrogens (primary N) is 1. The van der Waals surface area contributed by atoms with Crippen LogP contribution in [-0.2, 0) is 0 Å². The summed E-state index contributed by atoms with van der Waals surface area (Å²) in [7, 11) is 0. The van der Waals surface area contributed by atoms with Gasteiger partial charge in [0.2, 0.25) is 0 Å². The van der Waals surface area contributed by atoms with Gasteiger partial charge in [0.1, 0.15) is 0 Å². The Morgan fingerprint density at radius 3 is 2.71 bits per heavy atom. The zero-order chi connectivity index (χ0) is 11.7. The first kappa shape index (κ1) is 10.6. The van der Waals surface area contributed by atoms with Gasteiger partial charge in [-0.15, -0.1) is 0 Å². The van der Waals surface area contributed by atoms with Crippen molar-refractivity contribution >= 4 is 5.69 Å². The fourth-order valence-corrected chi connectivity index (χ4v) is 2.46. The molecular formula is C15H18N2. The third kappa shape index (κ3) is 2.42. The highest BCUT2D eigenvalue weighted by atomic mass is 15.1. The largest absolute Gasteiger partial charge is 0.399 e. The third-order valence-corrected chi connectivity index (χ3v) is 3.51. The lowest BCUT2D eigenvalue weighted by Gasteiger charge is -2.05. The summed E-state index contributed by atoms with van der Waals surface area (Å²) in [5.41, 5.74) is 9.36. The molecule has 3 rings (SSSR count). The second-order valence-corrected chi connectivity index (χ2v) is 4.88. The highest BCUT2D eigenvalue weighted by molar-refractivity contribution is 5.42. The molecule has 1 saturated heterocycles. The molecule has 88 valence electrons. The van der Waals surface area contributed by atoms with Crippen molar-refractivity contribution < 1.29 is 0 Å². The van der Waals surface area contributed by atoms with E-state index >= 15 is 0 Å². The molecule has 2 nitrogen and oxygen atoms in total. The molecular weight excluding hydrogens is 208 g/mol. The molecule has 1 aliphatic heterocycles. The molecule has 2 atom stereocenters. The molecule has 2 unspecified atom stereocenters. The van der Waals surface area contributed by atoms with Crippen LogP contribution in [0.1, 0.15) is 30.9 Å². The Morgan fingerprint density at radius 1 is 1.18 bits per heavy atom. The number of nitrogens with one attached hydrogen (secondary N) is 1. The molecule has 0 aromatic heterocycles. The van der Waals surface area contributed by atoms with Gasteiger partial charge < -0.3 is 11.1 Å². The van der Waals surface area contributed by atoms with Crippen molar-refractivity contribution in [2.24, 2.45) is 0 Å². The van der Waals surface area contributed by atoms with E-state index in [1.807, 2.05) is 12.1 Å². The van der Waals surface area contributed by atoms with E-state index < -0.39 is 0 Å². The third-order valence-electron chi connectivity index (χ3n) is 3.51. The smallest absolute Gasteiger partial charge is 0.0482 e. The summed E-state index contributed by atoms with van der Waals surface area (Å²) in [4.78, 5) is 0. The van der Waals surface area contributed by atoms with E-state index in [2.05, 4.69) is 35.7 Å². The molecule has 1 aliphatic carbocycles. The molecule has 2 aliphatic rings. The lowest BCUT2D eigenvalue weighted by molar-refractivity contribution is 0.880. The number of allylic oxidation sites excluding steroid dienone is 3. The molecule has 2 heteroatoms. The number of hydrogen-bond donors (Lipinski definition) is 2. The Hall–Kier alpha value is -1.54. The molecule has 17 heavy (non-hydrogen) atoms. The Balaban J connectivity index is 1.61. The zero-order valence-electron chi connectivity index (χ0n) is 9.89. The van der Waals surface area contributed by atoms with Crippen molar-refractivity contribution in [1.29, 1.82) is 0 Å². The van der Waals surface area contributed by atoms with Crippen LogP contribution in [0, 0.1) is 0 Å². The van der Waals surface area contributed by atoms with Crippen LogP contribution in [0.5, 0.6) is 0 Å². The number of anilines is 1. The van der Waals surface area contributed by atoms with E-state index in [4.69, 9.17) is 5.73 Å². The van der Waals surface area contributed by atoms with Crippen LogP contribution in [0.2, 0.25) is 0 Å². The Morgan fingerprint density at radius 2 is 2.00 bits per heavy atom. The zero-order valence-corrected chi connectivity index (χ0v) is 9.89. The molecule has 0 bridgehead atoms. The van der Waals surface area contributed by atoms with Crippen LogP contribution in [0.4, 0.5) is 5.69 Å². The van der Waals surface area contributed by atoms with Gasteiger partial charge in [0.15, 0.2) is 0 Å². The number of benzene rings is 1. The topological polar surface area (TPSA) is 48.0 Å². The molecule has 1 aromatic carbocycles. The van der Waals surface area contributed by atoms with Crippen LogP contribution >= 0.6 is 0 Å². The summed E-state index contributed by atoms with van der Waals surface area (Å²) in [6.07, 6.45) is 10.4. The van der Waals surface area contributed by atoms with Gasteiger partial charge in [-0.3, -0.25) is 0 Å². The first-order chi connectivity index (χ1) is 8.33. The van der Waals surface area contributed by atoms with Crippen LogP contribution in [-0.4, -0.2) is 6.04 Å². The van der Waals surface area contributed by atoms with E-state index in [1.54, 1.807) is 0 Å². The van der Waals surface area contributed by atoms with Gasteiger partial charge in [0, 0.05) is 17.8 Å². The predicted molar refractivity (Wildman–Crippen MR) is 71.6 cm³/mol. The molecule has 0 spiro atoms. The summed E-state index contributed by atoms with van der Waals surface area (Å²) in [6, 6.07) is 9.33. The first-order valence-electron chi connectivity index (χ1n) is 6.30. The second kappa shape index (κ2) is 4.38. The molecule has 1 heterocycles. The van der Waals surface area contributed by atoms with Gasteiger partial charge in [-0.25, -0.2) is 0 Å². The summed E-state index contributed by atoms with van der Waals surface area (Å²) < 4.78 is 0. The van der Waals surface area contributed by atoms with Crippen LogP contribution < -0.4 is 11.1 Å². The average molecular weight is 226 g/mol. The van der Waals surface area contributed by atoms with Gasteiger partial charge >= 0.3 is 0 Å². The monoisotopic (exact) mass is 226 g/mol. The van der Waals surface area contributed by atoms with Crippen LogP contribution in [0.15, 0.2) is 48.1 Å². The second-order valence-electron chi connectivity index (χ2n) is 4.88. The highest BCUT2D eigenvalue weighted by Gasteiger charge is 2.37. The van der Waals surface area contributed by atoms with Crippen molar-refractivity contribution in [2.75, 3.05) is 5.73 Å². The summed E-state index contributed by atoms with van der Waals surface area (Å²) in [6.45, 7) is 0. The van der Waals surface area contributed by atoms with Gasteiger partial charge in [0.05, 0.1) is 0 Å². The van der Waals surface area contributed by atoms with Crippen molar-refractivity contribution in [2.45, 2.75) is 31.3 Å². The minimum absolute atomic E-state index is 0.520. The molecule has 3 N–H and O–H groups in total. The lowest BCUT2D eigenvalue weighted by atomic mass is 10.00. The van der Waals surface area contributed by atoms with E-state index in [1.165, 1.54) is 24.0 Å². The molecule has 0 radical (unpaired) electrons. The normalized spacial score (nSPS) is 26.7. The van der Waals surface area contributed by atoms with Gasteiger partial charge in [-0.1, -0.05) is 35.9 Å². The van der Waals surface area contributed by atoms with E-state index in [0.717, 1.165) is 12.1 Å². The Kier molecular flexibility index (Phi) is 2.73. The minimum atomic E-state index is 0.520. The summed E-state index contributed by atoms with van der Waals surface area (Å²) in [5, 5.41) is 3.54. The maximum Gasteiger partial charge on any atom is 0.0482 e. The van der Waals surface area contributed by atoms with Crippen molar-refractivity contribution in [1.82, 2.24) is 5.32 Å². The van der Waals surface area contributed by atoms with Crippen molar-refractivity contribution in [3.63, 3.8) is 0 Å². The Labute approximate surface area is 102 Å². The molecule has 0 saturated carbocycles.